The summed E-state index contributed by atoms with van der Waals surface area (Å²) < 4.78 is 6.57. The molecule has 0 unspecified atom stereocenters. The summed E-state index contributed by atoms with van der Waals surface area (Å²) in [5.74, 6) is -1.04. The van der Waals surface area contributed by atoms with Gasteiger partial charge in [0, 0.05) is 10.7 Å². The molecule has 0 fully saturated rings. The Hall–Kier alpha value is -3.19. The first-order chi connectivity index (χ1) is 12.1. The molecule has 0 saturated heterocycles. The molecular formula is C17H13ClN4O3. The molecule has 8 heteroatoms. The van der Waals surface area contributed by atoms with E-state index in [1.807, 2.05) is 0 Å². The van der Waals surface area contributed by atoms with E-state index in [2.05, 4.69) is 15.4 Å². The molecule has 7 nitrogen and oxygen atoms in total. The first-order valence-electron chi connectivity index (χ1n) is 7.29. The van der Waals surface area contributed by atoms with Crippen molar-refractivity contribution in [3.63, 3.8) is 0 Å². The number of aromatic nitrogens is 3. The molecule has 2 aromatic carbocycles. The number of halogens is 1. The second-order valence-corrected chi connectivity index (χ2v) is 5.46. The summed E-state index contributed by atoms with van der Waals surface area (Å²) in [6.07, 6.45) is 2.97. The van der Waals surface area contributed by atoms with Crippen LogP contribution in [-0.4, -0.2) is 33.2 Å². The fourth-order valence-electron chi connectivity index (χ4n) is 2.07. The van der Waals surface area contributed by atoms with Crippen molar-refractivity contribution in [2.75, 3.05) is 11.9 Å². The second-order valence-electron chi connectivity index (χ2n) is 5.02. The van der Waals surface area contributed by atoms with Crippen molar-refractivity contribution in [3.8, 4) is 5.69 Å². The number of nitrogens with one attached hydrogen (secondary N) is 1. The van der Waals surface area contributed by atoms with E-state index in [0.29, 0.717) is 16.3 Å². The second kappa shape index (κ2) is 7.59. The summed E-state index contributed by atoms with van der Waals surface area (Å²) in [5, 5.41) is 7.09. The fourth-order valence-corrected chi connectivity index (χ4v) is 2.26. The van der Waals surface area contributed by atoms with Crippen LogP contribution in [0.15, 0.2) is 61.2 Å². The number of anilines is 1. The zero-order chi connectivity index (χ0) is 17.6. The van der Waals surface area contributed by atoms with Gasteiger partial charge in [-0.15, -0.1) is 0 Å². The summed E-state index contributed by atoms with van der Waals surface area (Å²) in [5.41, 5.74) is 1.62. The van der Waals surface area contributed by atoms with Crippen molar-refractivity contribution in [3.05, 3.63) is 71.8 Å². The van der Waals surface area contributed by atoms with Gasteiger partial charge in [-0.3, -0.25) is 4.79 Å². The van der Waals surface area contributed by atoms with E-state index in [1.54, 1.807) is 59.5 Å². The number of ether oxygens (including phenoxy) is 1. The highest BCUT2D eigenvalue weighted by atomic mass is 35.5. The molecule has 0 aliphatic rings. The van der Waals surface area contributed by atoms with Crippen molar-refractivity contribution >= 4 is 29.2 Å². The quantitative estimate of drug-likeness (QED) is 0.710. The highest BCUT2D eigenvalue weighted by Gasteiger charge is 2.11. The Morgan fingerprint density at radius 3 is 2.64 bits per heavy atom. The maximum atomic E-state index is 12.0. The van der Waals surface area contributed by atoms with Gasteiger partial charge in [0.15, 0.2) is 6.61 Å². The van der Waals surface area contributed by atoms with Crippen LogP contribution in [0.5, 0.6) is 0 Å². The lowest BCUT2D eigenvalue weighted by atomic mass is 10.2. The molecule has 1 amide bonds. The van der Waals surface area contributed by atoms with Crippen molar-refractivity contribution < 1.29 is 14.3 Å². The largest absolute Gasteiger partial charge is 0.452 e. The van der Waals surface area contributed by atoms with Gasteiger partial charge >= 0.3 is 5.97 Å². The van der Waals surface area contributed by atoms with Crippen molar-refractivity contribution in [2.24, 2.45) is 0 Å². The van der Waals surface area contributed by atoms with Gasteiger partial charge in [-0.25, -0.2) is 14.5 Å². The van der Waals surface area contributed by atoms with Crippen LogP contribution >= 0.6 is 11.6 Å². The number of hydrogen-bond acceptors (Lipinski definition) is 5. The maximum absolute atomic E-state index is 12.0. The van der Waals surface area contributed by atoms with Gasteiger partial charge in [0.25, 0.3) is 5.91 Å². The Morgan fingerprint density at radius 1 is 1.16 bits per heavy atom. The molecular weight excluding hydrogens is 344 g/mol. The normalized spacial score (nSPS) is 10.3. The average molecular weight is 357 g/mol. The SMILES string of the molecule is O=C(COC(=O)c1ccc(-n2cncn2)cc1)Nc1cccc(Cl)c1. The summed E-state index contributed by atoms with van der Waals surface area (Å²) in [4.78, 5) is 27.7. The van der Waals surface area contributed by atoms with E-state index in [4.69, 9.17) is 16.3 Å². The molecule has 3 rings (SSSR count). The number of carbonyl (C=O) groups excluding carboxylic acids is 2. The van der Waals surface area contributed by atoms with E-state index in [1.165, 1.54) is 6.33 Å². The number of benzene rings is 2. The predicted molar refractivity (Wildman–Crippen MR) is 91.7 cm³/mol. The van der Waals surface area contributed by atoms with Crippen LogP contribution in [0.4, 0.5) is 5.69 Å². The molecule has 0 radical (unpaired) electrons. The molecule has 3 aromatic rings. The maximum Gasteiger partial charge on any atom is 0.338 e. The highest BCUT2D eigenvalue weighted by Crippen LogP contribution is 2.15. The molecule has 1 aromatic heterocycles. The molecule has 1 heterocycles. The van der Waals surface area contributed by atoms with Gasteiger partial charge in [0.2, 0.25) is 0 Å². The molecule has 25 heavy (non-hydrogen) atoms. The van der Waals surface area contributed by atoms with Crippen LogP contribution in [0.25, 0.3) is 5.69 Å². The van der Waals surface area contributed by atoms with Gasteiger partial charge in [0.1, 0.15) is 12.7 Å². The summed E-state index contributed by atoms with van der Waals surface area (Å²) >= 11 is 5.84. The first kappa shape index (κ1) is 16.7. The number of esters is 1. The predicted octanol–water partition coefficient (Wildman–Crippen LogP) is 2.72. The zero-order valence-electron chi connectivity index (χ0n) is 12.9. The fraction of sp³-hybridized carbons (Fsp3) is 0.0588. The third-order valence-corrected chi connectivity index (χ3v) is 3.46. The van der Waals surface area contributed by atoms with Crippen molar-refractivity contribution in [1.29, 1.82) is 0 Å². The summed E-state index contributed by atoms with van der Waals surface area (Å²) in [6.45, 7) is -0.393. The van der Waals surface area contributed by atoms with Crippen LogP contribution in [0.3, 0.4) is 0 Å². The number of amides is 1. The number of nitrogens with zero attached hydrogens (tertiary/aromatic N) is 3. The molecule has 0 bridgehead atoms. The molecule has 126 valence electrons. The lowest BCUT2D eigenvalue weighted by molar-refractivity contribution is -0.119. The lowest BCUT2D eigenvalue weighted by Crippen LogP contribution is -2.20. The van der Waals surface area contributed by atoms with E-state index >= 15 is 0 Å². The van der Waals surface area contributed by atoms with Crippen LogP contribution in [0.2, 0.25) is 5.02 Å². The summed E-state index contributed by atoms with van der Waals surface area (Å²) in [6, 6.07) is 13.3. The monoisotopic (exact) mass is 356 g/mol. The third-order valence-electron chi connectivity index (χ3n) is 3.23. The average Bonchev–Trinajstić information content (AvgIpc) is 3.14. The van der Waals surface area contributed by atoms with Crippen LogP contribution < -0.4 is 5.32 Å². The molecule has 0 spiro atoms. The molecule has 0 atom stereocenters. The number of carbonyl (C=O) groups is 2. The van der Waals surface area contributed by atoms with Crippen molar-refractivity contribution in [1.82, 2.24) is 14.8 Å². The Morgan fingerprint density at radius 2 is 1.96 bits per heavy atom. The van der Waals surface area contributed by atoms with E-state index in [0.717, 1.165) is 5.69 Å². The Balaban J connectivity index is 1.54. The molecule has 0 aliphatic carbocycles. The minimum Gasteiger partial charge on any atom is -0.452 e. The summed E-state index contributed by atoms with van der Waals surface area (Å²) in [7, 11) is 0. The number of hydrogen-bond donors (Lipinski definition) is 1. The van der Waals surface area contributed by atoms with E-state index < -0.39 is 18.5 Å². The third kappa shape index (κ3) is 4.42. The molecule has 0 aliphatic heterocycles. The molecule has 0 saturated carbocycles. The minimum absolute atomic E-state index is 0.333. The van der Waals surface area contributed by atoms with Gasteiger partial charge in [-0.2, -0.15) is 5.10 Å². The highest BCUT2D eigenvalue weighted by molar-refractivity contribution is 6.30. The van der Waals surface area contributed by atoms with Gasteiger partial charge < -0.3 is 10.1 Å². The molecule has 1 N–H and O–H groups in total. The van der Waals surface area contributed by atoms with Crippen LogP contribution in [-0.2, 0) is 9.53 Å². The Labute approximate surface area is 148 Å². The minimum atomic E-state index is -0.591. The number of rotatable bonds is 5. The first-order valence-corrected chi connectivity index (χ1v) is 7.67. The lowest BCUT2D eigenvalue weighted by Gasteiger charge is -2.07. The Kier molecular flexibility index (Phi) is 5.06. The van der Waals surface area contributed by atoms with Gasteiger partial charge in [-0.1, -0.05) is 17.7 Å². The van der Waals surface area contributed by atoms with Crippen molar-refractivity contribution in [2.45, 2.75) is 0 Å². The van der Waals surface area contributed by atoms with E-state index in [-0.39, 0.29) is 0 Å². The Bertz CT molecular complexity index is 879. The van der Waals surface area contributed by atoms with Crippen LogP contribution in [0, 0.1) is 0 Å². The van der Waals surface area contributed by atoms with Gasteiger partial charge in [0.05, 0.1) is 11.3 Å². The van der Waals surface area contributed by atoms with Gasteiger partial charge in [-0.05, 0) is 42.5 Å². The standard InChI is InChI=1S/C17H13ClN4O3/c18-13-2-1-3-14(8-13)21-16(23)9-25-17(24)12-4-6-15(7-5-12)22-11-19-10-20-22/h1-8,10-11H,9H2,(H,21,23). The zero-order valence-corrected chi connectivity index (χ0v) is 13.7. The van der Waals surface area contributed by atoms with E-state index in [9.17, 15) is 9.59 Å². The topological polar surface area (TPSA) is 86.1 Å². The van der Waals surface area contributed by atoms with Crippen LogP contribution in [0.1, 0.15) is 10.4 Å². The smallest absolute Gasteiger partial charge is 0.338 e.